The molecule has 0 bridgehead atoms. The van der Waals surface area contributed by atoms with Crippen molar-refractivity contribution in [2.45, 2.75) is 32.2 Å². The van der Waals surface area contributed by atoms with E-state index in [1.54, 1.807) is 0 Å². The number of rotatable bonds is 6. The van der Waals surface area contributed by atoms with Crippen molar-refractivity contribution >= 4 is 21.6 Å². The SMILES string of the molecule is Nc1cc(Br)cc(CN(CC2CC2)CC2CC2)c1. The highest BCUT2D eigenvalue weighted by atomic mass is 79.9. The molecule has 0 heterocycles. The molecule has 2 aliphatic rings. The van der Waals surface area contributed by atoms with Gasteiger partial charge in [-0.2, -0.15) is 0 Å². The summed E-state index contributed by atoms with van der Waals surface area (Å²) in [7, 11) is 0. The topological polar surface area (TPSA) is 29.3 Å². The quantitative estimate of drug-likeness (QED) is 0.813. The molecule has 98 valence electrons. The van der Waals surface area contributed by atoms with E-state index < -0.39 is 0 Å². The van der Waals surface area contributed by atoms with E-state index in [2.05, 4.69) is 33.0 Å². The standard InChI is InChI=1S/C15H21BrN2/c16-14-5-13(6-15(17)7-14)10-18(8-11-1-2-11)9-12-3-4-12/h5-7,11-12H,1-4,8-10,17H2. The first-order valence-corrected chi connectivity index (χ1v) is 7.75. The molecule has 2 saturated carbocycles. The van der Waals surface area contributed by atoms with E-state index in [4.69, 9.17) is 5.73 Å². The molecule has 0 atom stereocenters. The molecule has 1 aromatic rings. The van der Waals surface area contributed by atoms with Crippen LogP contribution in [0.2, 0.25) is 0 Å². The lowest BCUT2D eigenvalue weighted by molar-refractivity contribution is 0.244. The van der Waals surface area contributed by atoms with Crippen LogP contribution in [-0.2, 0) is 6.54 Å². The summed E-state index contributed by atoms with van der Waals surface area (Å²) in [4.78, 5) is 2.64. The fourth-order valence-electron chi connectivity index (χ4n) is 2.56. The summed E-state index contributed by atoms with van der Waals surface area (Å²) in [5.74, 6) is 1.93. The van der Waals surface area contributed by atoms with E-state index in [9.17, 15) is 0 Å². The van der Waals surface area contributed by atoms with Crippen molar-refractivity contribution in [1.82, 2.24) is 4.90 Å². The van der Waals surface area contributed by atoms with Crippen LogP contribution in [-0.4, -0.2) is 18.0 Å². The summed E-state index contributed by atoms with van der Waals surface area (Å²) in [5.41, 5.74) is 8.11. The smallest absolute Gasteiger partial charge is 0.0328 e. The Bertz CT molecular complexity index is 390. The summed E-state index contributed by atoms with van der Waals surface area (Å²) < 4.78 is 1.09. The summed E-state index contributed by atoms with van der Waals surface area (Å²) in [5, 5.41) is 0. The molecule has 3 rings (SSSR count). The van der Waals surface area contributed by atoms with Crippen LogP contribution in [0, 0.1) is 11.8 Å². The Hall–Kier alpha value is -0.540. The molecule has 2 N–H and O–H groups in total. The molecule has 0 spiro atoms. The zero-order valence-electron chi connectivity index (χ0n) is 10.7. The fraction of sp³-hybridized carbons (Fsp3) is 0.600. The van der Waals surface area contributed by atoms with Gasteiger partial charge in [0.25, 0.3) is 0 Å². The molecular formula is C15H21BrN2. The van der Waals surface area contributed by atoms with E-state index in [1.165, 1.54) is 44.3 Å². The molecule has 0 amide bonds. The average molecular weight is 309 g/mol. The van der Waals surface area contributed by atoms with Crippen LogP contribution in [0.15, 0.2) is 22.7 Å². The third-order valence-electron chi connectivity index (χ3n) is 3.81. The lowest BCUT2D eigenvalue weighted by atomic mass is 10.1. The largest absolute Gasteiger partial charge is 0.399 e. The Labute approximate surface area is 118 Å². The van der Waals surface area contributed by atoms with Gasteiger partial charge in [0, 0.05) is 29.8 Å². The predicted octanol–water partition coefficient (Wildman–Crippen LogP) is 3.65. The number of halogens is 1. The summed E-state index contributed by atoms with van der Waals surface area (Å²) >= 11 is 3.53. The highest BCUT2D eigenvalue weighted by Gasteiger charge is 2.29. The van der Waals surface area contributed by atoms with Gasteiger partial charge in [-0.15, -0.1) is 0 Å². The van der Waals surface area contributed by atoms with Crippen LogP contribution < -0.4 is 5.73 Å². The average Bonchev–Trinajstić information content (AvgIpc) is 3.11. The number of nitrogens with zero attached hydrogens (tertiary/aromatic N) is 1. The van der Waals surface area contributed by atoms with Crippen molar-refractivity contribution in [3.05, 3.63) is 28.2 Å². The Balaban J connectivity index is 1.65. The van der Waals surface area contributed by atoms with Gasteiger partial charge in [0.15, 0.2) is 0 Å². The minimum Gasteiger partial charge on any atom is -0.399 e. The Morgan fingerprint density at radius 1 is 1.06 bits per heavy atom. The van der Waals surface area contributed by atoms with Crippen LogP contribution in [0.4, 0.5) is 5.69 Å². The molecule has 0 radical (unpaired) electrons. The van der Waals surface area contributed by atoms with Crippen molar-refractivity contribution in [1.29, 1.82) is 0 Å². The number of hydrogen-bond donors (Lipinski definition) is 1. The summed E-state index contributed by atoms with van der Waals surface area (Å²) in [6, 6.07) is 6.27. The van der Waals surface area contributed by atoms with Crippen LogP contribution in [0.5, 0.6) is 0 Å². The molecule has 1 aromatic carbocycles. The first kappa shape index (κ1) is 12.5. The van der Waals surface area contributed by atoms with Gasteiger partial charge in [-0.1, -0.05) is 15.9 Å². The van der Waals surface area contributed by atoms with Crippen LogP contribution in [0.3, 0.4) is 0 Å². The van der Waals surface area contributed by atoms with Crippen molar-refractivity contribution in [2.24, 2.45) is 11.8 Å². The Morgan fingerprint density at radius 3 is 2.17 bits per heavy atom. The van der Waals surface area contributed by atoms with Crippen molar-refractivity contribution in [3.8, 4) is 0 Å². The van der Waals surface area contributed by atoms with Gasteiger partial charge >= 0.3 is 0 Å². The zero-order valence-corrected chi connectivity index (χ0v) is 12.3. The maximum absolute atomic E-state index is 5.91. The van der Waals surface area contributed by atoms with Gasteiger partial charge in [-0.05, 0) is 61.3 Å². The number of benzene rings is 1. The normalized spacial score (nSPS) is 19.4. The molecule has 0 saturated heterocycles. The van der Waals surface area contributed by atoms with Crippen molar-refractivity contribution < 1.29 is 0 Å². The Kier molecular flexibility index (Phi) is 3.62. The molecule has 2 aliphatic carbocycles. The van der Waals surface area contributed by atoms with Gasteiger partial charge in [0.05, 0.1) is 0 Å². The van der Waals surface area contributed by atoms with Gasteiger partial charge in [0.2, 0.25) is 0 Å². The van der Waals surface area contributed by atoms with Crippen LogP contribution >= 0.6 is 15.9 Å². The highest BCUT2D eigenvalue weighted by Crippen LogP contribution is 2.34. The number of anilines is 1. The number of nitrogen functional groups attached to an aromatic ring is 1. The predicted molar refractivity (Wildman–Crippen MR) is 79.3 cm³/mol. The lowest BCUT2D eigenvalue weighted by Crippen LogP contribution is -2.27. The van der Waals surface area contributed by atoms with E-state index >= 15 is 0 Å². The van der Waals surface area contributed by atoms with E-state index in [0.29, 0.717) is 0 Å². The third kappa shape index (κ3) is 3.72. The molecule has 3 heteroatoms. The lowest BCUT2D eigenvalue weighted by Gasteiger charge is -2.22. The number of nitrogens with two attached hydrogens (primary N) is 1. The van der Waals surface area contributed by atoms with Crippen molar-refractivity contribution in [2.75, 3.05) is 18.8 Å². The molecule has 2 fully saturated rings. The highest BCUT2D eigenvalue weighted by molar-refractivity contribution is 9.10. The first-order valence-electron chi connectivity index (χ1n) is 6.96. The van der Waals surface area contributed by atoms with Gasteiger partial charge < -0.3 is 5.73 Å². The molecule has 2 nitrogen and oxygen atoms in total. The van der Waals surface area contributed by atoms with Gasteiger partial charge in [-0.25, -0.2) is 0 Å². The molecule has 0 aromatic heterocycles. The molecule has 18 heavy (non-hydrogen) atoms. The molecular weight excluding hydrogens is 288 g/mol. The minimum atomic E-state index is 0.858. The first-order chi connectivity index (χ1) is 8.69. The summed E-state index contributed by atoms with van der Waals surface area (Å²) in [6.45, 7) is 3.61. The van der Waals surface area contributed by atoms with E-state index in [1.807, 2.05) is 6.07 Å². The Morgan fingerprint density at radius 2 is 1.67 bits per heavy atom. The third-order valence-corrected chi connectivity index (χ3v) is 4.27. The van der Waals surface area contributed by atoms with Crippen LogP contribution in [0.25, 0.3) is 0 Å². The monoisotopic (exact) mass is 308 g/mol. The van der Waals surface area contributed by atoms with E-state index in [0.717, 1.165) is 28.5 Å². The molecule has 0 unspecified atom stereocenters. The van der Waals surface area contributed by atoms with Gasteiger partial charge in [-0.3, -0.25) is 4.90 Å². The number of hydrogen-bond acceptors (Lipinski definition) is 2. The second-order valence-corrected chi connectivity index (χ2v) is 6.89. The maximum Gasteiger partial charge on any atom is 0.0328 e. The second kappa shape index (κ2) is 5.22. The second-order valence-electron chi connectivity index (χ2n) is 5.97. The summed E-state index contributed by atoms with van der Waals surface area (Å²) in [6.07, 6.45) is 5.73. The molecule has 0 aliphatic heterocycles. The fourth-order valence-corrected chi connectivity index (χ4v) is 3.12. The van der Waals surface area contributed by atoms with E-state index in [-0.39, 0.29) is 0 Å². The van der Waals surface area contributed by atoms with Gasteiger partial charge in [0.1, 0.15) is 0 Å². The zero-order chi connectivity index (χ0) is 12.5. The van der Waals surface area contributed by atoms with Crippen molar-refractivity contribution in [3.63, 3.8) is 0 Å². The minimum absolute atomic E-state index is 0.858. The maximum atomic E-state index is 5.91. The van der Waals surface area contributed by atoms with Crippen LogP contribution in [0.1, 0.15) is 31.2 Å².